The van der Waals surface area contributed by atoms with Crippen molar-refractivity contribution in [2.24, 2.45) is 4.99 Å². The van der Waals surface area contributed by atoms with Gasteiger partial charge in [0.2, 0.25) is 0 Å². The van der Waals surface area contributed by atoms with Gasteiger partial charge in [0.1, 0.15) is 0 Å². The maximum absolute atomic E-state index is 5.80. The molecule has 2 aliphatic rings. The lowest BCUT2D eigenvalue weighted by molar-refractivity contribution is 0.0263. The Balaban J connectivity index is 1.60. The molecule has 5 heteroatoms. The number of hydrogen-bond donors (Lipinski definition) is 1. The summed E-state index contributed by atoms with van der Waals surface area (Å²) >= 11 is 0. The summed E-state index contributed by atoms with van der Waals surface area (Å²) in [6.45, 7) is 13.4. The highest BCUT2D eigenvalue weighted by Crippen LogP contribution is 2.21. The van der Waals surface area contributed by atoms with Crippen molar-refractivity contribution in [3.63, 3.8) is 0 Å². The lowest BCUT2D eigenvalue weighted by Crippen LogP contribution is -2.48. The van der Waals surface area contributed by atoms with Gasteiger partial charge in [-0.15, -0.1) is 0 Å². The highest BCUT2D eigenvalue weighted by Gasteiger charge is 2.24. The Morgan fingerprint density at radius 1 is 1.14 bits per heavy atom. The van der Waals surface area contributed by atoms with Crippen molar-refractivity contribution < 1.29 is 4.74 Å². The van der Waals surface area contributed by atoms with E-state index in [0.717, 1.165) is 77.5 Å². The molecular weight excluding hydrogens is 348 g/mol. The number of hydrogen-bond acceptors (Lipinski definition) is 3. The third-order valence-corrected chi connectivity index (χ3v) is 6.08. The van der Waals surface area contributed by atoms with Gasteiger partial charge in [0.15, 0.2) is 5.96 Å². The van der Waals surface area contributed by atoms with Gasteiger partial charge >= 0.3 is 0 Å². The van der Waals surface area contributed by atoms with Gasteiger partial charge in [0.05, 0.1) is 12.6 Å². The third kappa shape index (κ3) is 5.48. The molecule has 1 N–H and O–H groups in total. The normalized spacial score (nSPS) is 20.1. The number of fused-ring (bicyclic) bond motifs is 1. The van der Waals surface area contributed by atoms with Gasteiger partial charge in [-0.25, -0.2) is 0 Å². The Hall–Kier alpha value is -1.59. The number of ether oxygens (including phenoxy) is 1. The molecule has 2 heterocycles. The number of aliphatic imine (C=N–C) groups is 1. The van der Waals surface area contributed by atoms with E-state index in [1.807, 2.05) is 0 Å². The van der Waals surface area contributed by atoms with Crippen molar-refractivity contribution >= 4 is 5.96 Å². The topological polar surface area (TPSA) is 40.1 Å². The standard InChI is InChI=1S/C23H38N4O/c1-4-21(27-14-11-19-9-7-8-10-20(19)18-27)17-25-23(24-5-2)26-15-12-22(13-16-26)28-6-3/h7-10,21-22H,4-6,11-18H2,1-3H3,(H,24,25). The molecule has 0 spiro atoms. The van der Waals surface area contributed by atoms with Crippen LogP contribution in [-0.2, 0) is 17.7 Å². The number of likely N-dealkylation sites (tertiary alicyclic amines) is 1. The van der Waals surface area contributed by atoms with E-state index in [-0.39, 0.29) is 0 Å². The number of piperidine rings is 1. The minimum Gasteiger partial charge on any atom is -0.378 e. The lowest BCUT2D eigenvalue weighted by Gasteiger charge is -2.36. The molecule has 1 atom stereocenters. The minimum absolute atomic E-state index is 0.418. The first-order valence-electron chi connectivity index (χ1n) is 11.2. The molecule has 1 unspecified atom stereocenters. The Kier molecular flexibility index (Phi) is 8.16. The summed E-state index contributed by atoms with van der Waals surface area (Å²) in [5.74, 6) is 1.08. The van der Waals surface area contributed by atoms with Crippen molar-refractivity contribution in [1.82, 2.24) is 15.1 Å². The van der Waals surface area contributed by atoms with Crippen LogP contribution in [0, 0.1) is 0 Å². The lowest BCUT2D eigenvalue weighted by atomic mass is 9.98. The van der Waals surface area contributed by atoms with Crippen molar-refractivity contribution in [3.05, 3.63) is 35.4 Å². The van der Waals surface area contributed by atoms with E-state index in [4.69, 9.17) is 9.73 Å². The minimum atomic E-state index is 0.418. The Labute approximate surface area is 171 Å². The monoisotopic (exact) mass is 386 g/mol. The molecule has 0 bridgehead atoms. The maximum Gasteiger partial charge on any atom is 0.193 e. The molecule has 1 aromatic rings. The summed E-state index contributed by atoms with van der Waals surface area (Å²) in [5, 5.41) is 3.51. The number of rotatable bonds is 7. The fourth-order valence-electron chi connectivity index (χ4n) is 4.42. The van der Waals surface area contributed by atoms with Gasteiger partial charge in [0, 0.05) is 45.4 Å². The molecule has 28 heavy (non-hydrogen) atoms. The molecule has 0 saturated carbocycles. The van der Waals surface area contributed by atoms with Crippen molar-refractivity contribution in [2.75, 3.05) is 39.3 Å². The van der Waals surface area contributed by atoms with Crippen molar-refractivity contribution in [1.29, 1.82) is 0 Å². The van der Waals surface area contributed by atoms with Gasteiger partial charge in [-0.1, -0.05) is 31.2 Å². The van der Waals surface area contributed by atoms with E-state index in [1.54, 1.807) is 0 Å². The fraction of sp³-hybridized carbons (Fsp3) is 0.696. The molecular formula is C23H38N4O. The van der Waals surface area contributed by atoms with Gasteiger partial charge < -0.3 is 15.0 Å². The van der Waals surface area contributed by atoms with Gasteiger partial charge in [-0.2, -0.15) is 0 Å². The zero-order valence-corrected chi connectivity index (χ0v) is 18.0. The van der Waals surface area contributed by atoms with Crippen LogP contribution < -0.4 is 5.32 Å². The summed E-state index contributed by atoms with van der Waals surface area (Å²) in [5.41, 5.74) is 3.00. The van der Waals surface area contributed by atoms with E-state index in [9.17, 15) is 0 Å². The molecule has 2 aliphatic heterocycles. The maximum atomic E-state index is 5.80. The average Bonchev–Trinajstić information content (AvgIpc) is 2.74. The zero-order chi connectivity index (χ0) is 19.8. The summed E-state index contributed by atoms with van der Waals surface area (Å²) in [4.78, 5) is 10.1. The van der Waals surface area contributed by atoms with Crippen molar-refractivity contribution in [3.8, 4) is 0 Å². The predicted molar refractivity (Wildman–Crippen MR) is 117 cm³/mol. The van der Waals surface area contributed by atoms with Crippen LogP contribution in [0.5, 0.6) is 0 Å². The smallest absolute Gasteiger partial charge is 0.193 e. The van der Waals surface area contributed by atoms with Gasteiger partial charge in [-0.3, -0.25) is 9.89 Å². The molecule has 0 aliphatic carbocycles. The van der Waals surface area contributed by atoms with E-state index in [1.165, 1.54) is 11.1 Å². The molecule has 1 fully saturated rings. The highest BCUT2D eigenvalue weighted by molar-refractivity contribution is 5.80. The molecule has 5 nitrogen and oxygen atoms in total. The molecule has 1 saturated heterocycles. The first-order chi connectivity index (χ1) is 13.7. The van der Waals surface area contributed by atoms with Crippen LogP contribution >= 0.6 is 0 Å². The second kappa shape index (κ2) is 10.8. The number of nitrogens with one attached hydrogen (secondary N) is 1. The highest BCUT2D eigenvalue weighted by atomic mass is 16.5. The molecule has 0 aromatic heterocycles. The average molecular weight is 387 g/mol. The second-order valence-electron chi connectivity index (χ2n) is 7.89. The second-order valence-corrected chi connectivity index (χ2v) is 7.89. The van der Waals surface area contributed by atoms with Gasteiger partial charge in [0.25, 0.3) is 0 Å². The number of nitrogens with zero attached hydrogens (tertiary/aromatic N) is 3. The van der Waals surface area contributed by atoms with Crippen LogP contribution in [0.25, 0.3) is 0 Å². The molecule has 0 amide bonds. The molecule has 3 rings (SSSR count). The third-order valence-electron chi connectivity index (χ3n) is 6.08. The fourth-order valence-corrected chi connectivity index (χ4v) is 4.42. The Morgan fingerprint density at radius 3 is 2.57 bits per heavy atom. The van der Waals surface area contributed by atoms with Crippen LogP contribution in [0.4, 0.5) is 0 Å². The van der Waals surface area contributed by atoms with E-state index in [2.05, 4.69) is 60.2 Å². The first-order valence-corrected chi connectivity index (χ1v) is 11.2. The van der Waals surface area contributed by atoms with Crippen molar-refractivity contribution in [2.45, 2.75) is 65.1 Å². The van der Waals surface area contributed by atoms with Crippen LogP contribution in [0.3, 0.4) is 0 Å². The van der Waals surface area contributed by atoms with Crippen LogP contribution in [0.15, 0.2) is 29.3 Å². The summed E-state index contributed by atoms with van der Waals surface area (Å²) in [7, 11) is 0. The van der Waals surface area contributed by atoms with Crippen LogP contribution in [0.1, 0.15) is 51.2 Å². The summed E-state index contributed by atoms with van der Waals surface area (Å²) < 4.78 is 5.80. The molecule has 1 aromatic carbocycles. The molecule has 156 valence electrons. The van der Waals surface area contributed by atoms with E-state index < -0.39 is 0 Å². The number of guanidine groups is 1. The Morgan fingerprint density at radius 2 is 1.89 bits per heavy atom. The zero-order valence-electron chi connectivity index (χ0n) is 18.0. The Bertz CT molecular complexity index is 625. The SMILES string of the molecule is CCNC(=NCC(CC)N1CCc2ccccc2C1)N1CCC(OCC)CC1. The van der Waals surface area contributed by atoms with Crippen LogP contribution in [-0.4, -0.2) is 67.2 Å². The van der Waals surface area contributed by atoms with E-state index in [0.29, 0.717) is 12.1 Å². The van der Waals surface area contributed by atoms with Crippen LogP contribution in [0.2, 0.25) is 0 Å². The quantitative estimate of drug-likeness (QED) is 0.577. The summed E-state index contributed by atoms with van der Waals surface area (Å²) in [6.07, 6.45) is 4.90. The first kappa shape index (κ1) is 21.1. The largest absolute Gasteiger partial charge is 0.378 e. The van der Waals surface area contributed by atoms with E-state index >= 15 is 0 Å². The van der Waals surface area contributed by atoms with Gasteiger partial charge in [-0.05, 0) is 50.7 Å². The number of benzene rings is 1. The molecule has 0 radical (unpaired) electrons. The summed E-state index contributed by atoms with van der Waals surface area (Å²) in [6, 6.07) is 9.39. The predicted octanol–water partition coefficient (Wildman–Crippen LogP) is 3.29.